The zero-order valence-corrected chi connectivity index (χ0v) is 8.80. The van der Waals surface area contributed by atoms with Crippen LogP contribution in [0.5, 0.6) is 0 Å². The van der Waals surface area contributed by atoms with Gasteiger partial charge in [-0.1, -0.05) is 0 Å². The molecular formula is C10H12N2O4. The molecule has 16 heavy (non-hydrogen) atoms. The number of aromatic amines is 1. The summed E-state index contributed by atoms with van der Waals surface area (Å²) in [6.45, 7) is 2.37. The van der Waals surface area contributed by atoms with Crippen molar-refractivity contribution in [2.45, 2.75) is 31.3 Å². The van der Waals surface area contributed by atoms with Crippen molar-refractivity contribution in [3.05, 3.63) is 33.1 Å². The molecule has 2 fully saturated rings. The summed E-state index contributed by atoms with van der Waals surface area (Å²) in [4.78, 5) is 25.0. The molecule has 2 aliphatic heterocycles. The van der Waals surface area contributed by atoms with Crippen LogP contribution in [-0.4, -0.2) is 28.4 Å². The zero-order valence-electron chi connectivity index (χ0n) is 8.80. The van der Waals surface area contributed by atoms with Gasteiger partial charge in [-0.3, -0.25) is 14.3 Å². The van der Waals surface area contributed by atoms with Gasteiger partial charge in [0.2, 0.25) is 0 Å². The van der Waals surface area contributed by atoms with E-state index in [2.05, 4.69) is 4.98 Å². The van der Waals surface area contributed by atoms with Crippen molar-refractivity contribution in [1.82, 2.24) is 9.55 Å². The van der Waals surface area contributed by atoms with Gasteiger partial charge >= 0.3 is 5.69 Å². The van der Waals surface area contributed by atoms with E-state index in [1.54, 1.807) is 0 Å². The Hall–Kier alpha value is -1.40. The van der Waals surface area contributed by atoms with E-state index in [9.17, 15) is 9.59 Å². The van der Waals surface area contributed by atoms with Crippen LogP contribution in [0, 0.1) is 0 Å². The third-order valence-electron chi connectivity index (χ3n) is 3.30. The van der Waals surface area contributed by atoms with Gasteiger partial charge in [-0.25, -0.2) is 4.79 Å². The molecule has 3 heterocycles. The summed E-state index contributed by atoms with van der Waals surface area (Å²) in [5.41, 5.74) is -1.60. The summed E-state index contributed by atoms with van der Waals surface area (Å²) in [7, 11) is 0. The maximum atomic E-state index is 11.7. The first-order chi connectivity index (χ1) is 7.62. The van der Waals surface area contributed by atoms with E-state index in [-0.39, 0.29) is 12.2 Å². The fraction of sp³-hybridized carbons (Fsp3) is 0.600. The molecule has 1 aromatic rings. The van der Waals surface area contributed by atoms with Gasteiger partial charge in [0.05, 0.1) is 12.7 Å². The number of aromatic nitrogens is 2. The first kappa shape index (κ1) is 9.80. The smallest absolute Gasteiger partial charge is 0.330 e. The highest BCUT2D eigenvalue weighted by atomic mass is 16.6. The molecule has 2 aliphatic rings. The quantitative estimate of drug-likeness (QED) is 0.691. The Balaban J connectivity index is 2.16. The van der Waals surface area contributed by atoms with Crippen LogP contribution in [0.1, 0.15) is 13.3 Å². The minimum atomic E-state index is -0.744. The van der Waals surface area contributed by atoms with Gasteiger partial charge in [-0.2, -0.15) is 0 Å². The lowest BCUT2D eigenvalue weighted by atomic mass is 10.1. The van der Waals surface area contributed by atoms with Crippen molar-refractivity contribution in [2.75, 3.05) is 6.61 Å². The maximum absolute atomic E-state index is 11.7. The van der Waals surface area contributed by atoms with Crippen molar-refractivity contribution < 1.29 is 9.47 Å². The standard InChI is InChI=1S/C10H12N2O4/c1-6-10(4-7(16-6)5-15-10)12-3-2-8(13)11-9(12)14/h2-3,6-7H,4-5H2,1H3,(H,11,13,14). The lowest BCUT2D eigenvalue weighted by Gasteiger charge is -2.33. The average molecular weight is 224 g/mol. The average Bonchev–Trinajstić information content (AvgIpc) is 2.75. The monoisotopic (exact) mass is 224 g/mol. The van der Waals surface area contributed by atoms with Crippen molar-refractivity contribution in [3.8, 4) is 0 Å². The minimum absolute atomic E-state index is 0.0498. The Morgan fingerprint density at radius 2 is 2.38 bits per heavy atom. The lowest BCUT2D eigenvalue weighted by Crippen LogP contribution is -2.49. The molecule has 2 saturated heterocycles. The van der Waals surface area contributed by atoms with E-state index in [4.69, 9.17) is 9.47 Å². The van der Waals surface area contributed by atoms with E-state index in [1.807, 2.05) is 6.92 Å². The summed E-state index contributed by atoms with van der Waals surface area (Å²) < 4.78 is 12.7. The lowest BCUT2D eigenvalue weighted by molar-refractivity contribution is -0.180. The Labute approximate surface area is 90.8 Å². The Kier molecular flexibility index (Phi) is 1.87. The second-order valence-electron chi connectivity index (χ2n) is 4.24. The largest absolute Gasteiger partial charge is 0.368 e. The van der Waals surface area contributed by atoms with Crippen molar-refractivity contribution >= 4 is 0 Å². The Bertz CT molecular complexity index is 534. The van der Waals surface area contributed by atoms with Crippen LogP contribution in [0.4, 0.5) is 0 Å². The van der Waals surface area contributed by atoms with E-state index in [0.717, 1.165) is 0 Å². The number of rotatable bonds is 1. The van der Waals surface area contributed by atoms with E-state index in [0.29, 0.717) is 13.0 Å². The highest BCUT2D eigenvalue weighted by Crippen LogP contribution is 2.43. The van der Waals surface area contributed by atoms with E-state index < -0.39 is 17.0 Å². The number of fused-ring (bicyclic) bond motifs is 2. The predicted octanol–water partition coefficient (Wildman–Crippen LogP) is -0.603. The number of ether oxygens (including phenoxy) is 2. The number of nitrogens with zero attached hydrogens (tertiary/aromatic N) is 1. The van der Waals surface area contributed by atoms with Crippen LogP contribution < -0.4 is 11.2 Å². The summed E-state index contributed by atoms with van der Waals surface area (Å²) >= 11 is 0. The van der Waals surface area contributed by atoms with Crippen LogP contribution in [0.2, 0.25) is 0 Å². The van der Waals surface area contributed by atoms with Gasteiger partial charge < -0.3 is 9.47 Å². The van der Waals surface area contributed by atoms with Crippen LogP contribution in [0.3, 0.4) is 0 Å². The molecule has 6 heteroatoms. The van der Waals surface area contributed by atoms with Gasteiger partial charge in [-0.15, -0.1) is 0 Å². The fourth-order valence-corrected chi connectivity index (χ4v) is 2.53. The SMILES string of the molecule is CC1OC2COC1(n1ccc(=O)[nH]c1=O)C2. The number of nitrogens with one attached hydrogen (secondary N) is 1. The second kappa shape index (κ2) is 3.05. The van der Waals surface area contributed by atoms with Crippen LogP contribution in [0.15, 0.2) is 21.9 Å². The molecule has 86 valence electrons. The van der Waals surface area contributed by atoms with Gasteiger partial charge in [0, 0.05) is 18.7 Å². The third kappa shape index (κ3) is 1.14. The van der Waals surface area contributed by atoms with Gasteiger partial charge in [0.1, 0.15) is 6.10 Å². The first-order valence-electron chi connectivity index (χ1n) is 5.24. The Morgan fingerprint density at radius 3 is 2.94 bits per heavy atom. The van der Waals surface area contributed by atoms with Gasteiger partial charge in [0.25, 0.3) is 5.56 Å². The topological polar surface area (TPSA) is 73.3 Å². The van der Waals surface area contributed by atoms with Crippen LogP contribution >= 0.6 is 0 Å². The summed E-state index contributed by atoms with van der Waals surface area (Å²) in [5.74, 6) is 0. The van der Waals surface area contributed by atoms with Gasteiger partial charge in [0.15, 0.2) is 5.72 Å². The molecule has 0 aromatic carbocycles. The molecule has 3 unspecified atom stereocenters. The van der Waals surface area contributed by atoms with Crippen molar-refractivity contribution in [2.24, 2.45) is 0 Å². The Morgan fingerprint density at radius 1 is 1.56 bits per heavy atom. The predicted molar refractivity (Wildman–Crippen MR) is 54.2 cm³/mol. The molecule has 1 aromatic heterocycles. The first-order valence-corrected chi connectivity index (χ1v) is 5.24. The van der Waals surface area contributed by atoms with E-state index in [1.165, 1.54) is 16.8 Å². The normalized spacial score (nSPS) is 36.8. The molecule has 0 radical (unpaired) electrons. The number of H-pyrrole nitrogens is 1. The highest BCUT2D eigenvalue weighted by Gasteiger charge is 2.55. The summed E-state index contributed by atoms with van der Waals surface area (Å²) in [6.07, 6.45) is 1.98. The molecule has 6 nitrogen and oxygen atoms in total. The molecule has 1 N–H and O–H groups in total. The zero-order chi connectivity index (χ0) is 11.3. The molecule has 0 spiro atoms. The molecule has 3 rings (SSSR count). The molecule has 0 aliphatic carbocycles. The molecular weight excluding hydrogens is 212 g/mol. The van der Waals surface area contributed by atoms with Crippen LogP contribution in [-0.2, 0) is 15.2 Å². The van der Waals surface area contributed by atoms with E-state index >= 15 is 0 Å². The maximum Gasteiger partial charge on any atom is 0.330 e. The van der Waals surface area contributed by atoms with Crippen molar-refractivity contribution in [3.63, 3.8) is 0 Å². The van der Waals surface area contributed by atoms with Gasteiger partial charge in [-0.05, 0) is 6.92 Å². The molecule has 0 saturated carbocycles. The van der Waals surface area contributed by atoms with Crippen LogP contribution in [0.25, 0.3) is 0 Å². The second-order valence-corrected chi connectivity index (χ2v) is 4.24. The minimum Gasteiger partial charge on any atom is -0.368 e. The number of hydrogen-bond acceptors (Lipinski definition) is 4. The molecule has 3 atom stereocenters. The summed E-state index contributed by atoms with van der Waals surface area (Å²) in [6, 6.07) is 1.32. The summed E-state index contributed by atoms with van der Waals surface area (Å²) in [5, 5.41) is 0. The number of hydrogen-bond donors (Lipinski definition) is 1. The highest BCUT2D eigenvalue weighted by molar-refractivity contribution is 5.00. The fourth-order valence-electron chi connectivity index (χ4n) is 2.53. The molecule has 0 amide bonds. The third-order valence-corrected chi connectivity index (χ3v) is 3.30. The van der Waals surface area contributed by atoms with Crippen molar-refractivity contribution in [1.29, 1.82) is 0 Å². The molecule has 2 bridgehead atoms.